The number of methoxy groups -OCH3 is 1. The highest BCUT2D eigenvalue weighted by atomic mass is 79.9. The van der Waals surface area contributed by atoms with E-state index in [0.29, 0.717) is 0 Å². The molecule has 1 aromatic heterocycles. The molecular formula is C8H6BrF3N2O4. The maximum absolute atomic E-state index is 12.1. The first kappa shape index (κ1) is 14.5. The predicted octanol–water partition coefficient (Wildman–Crippen LogP) is 2.79. The van der Waals surface area contributed by atoms with Gasteiger partial charge in [0.1, 0.15) is 0 Å². The van der Waals surface area contributed by atoms with Crippen molar-refractivity contribution in [3.05, 3.63) is 21.9 Å². The Morgan fingerprint density at radius 1 is 1.50 bits per heavy atom. The molecule has 1 heterocycles. The van der Waals surface area contributed by atoms with Gasteiger partial charge < -0.3 is 19.6 Å². The molecule has 0 aliphatic heterocycles. The highest BCUT2D eigenvalue weighted by molar-refractivity contribution is 9.08. The van der Waals surface area contributed by atoms with Crippen LogP contribution in [-0.2, 0) is 5.33 Å². The summed E-state index contributed by atoms with van der Waals surface area (Å²) in [5.74, 6) is -1.74. The van der Waals surface area contributed by atoms with E-state index in [1.807, 2.05) is 0 Å². The van der Waals surface area contributed by atoms with Crippen LogP contribution in [0.5, 0.6) is 11.5 Å². The third-order valence-corrected chi connectivity index (χ3v) is 2.28. The van der Waals surface area contributed by atoms with E-state index in [0.717, 1.165) is 13.2 Å². The fourth-order valence-electron chi connectivity index (χ4n) is 1.09. The molecule has 0 radical (unpaired) electrons. The van der Waals surface area contributed by atoms with Gasteiger partial charge >= 0.3 is 12.2 Å². The van der Waals surface area contributed by atoms with Crippen LogP contribution in [0.2, 0.25) is 0 Å². The van der Waals surface area contributed by atoms with E-state index in [1.54, 1.807) is 0 Å². The van der Waals surface area contributed by atoms with E-state index in [1.165, 1.54) is 0 Å². The number of aromatic nitrogens is 1. The molecule has 0 saturated heterocycles. The summed E-state index contributed by atoms with van der Waals surface area (Å²) in [5.41, 5.74) is -0.250. The number of alkyl halides is 4. The molecule has 10 heteroatoms. The van der Waals surface area contributed by atoms with Crippen LogP contribution in [-0.4, -0.2) is 23.4 Å². The first-order chi connectivity index (χ1) is 8.28. The van der Waals surface area contributed by atoms with Gasteiger partial charge in [-0.3, -0.25) is 0 Å². The van der Waals surface area contributed by atoms with Crippen LogP contribution in [0, 0.1) is 10.1 Å². The van der Waals surface area contributed by atoms with E-state index in [9.17, 15) is 23.3 Å². The minimum absolute atomic E-state index is 0.136. The molecule has 1 rings (SSSR count). The highest BCUT2D eigenvalue weighted by Crippen LogP contribution is 2.35. The number of hydrogen-bond acceptors (Lipinski definition) is 5. The van der Waals surface area contributed by atoms with Crippen LogP contribution in [0.15, 0.2) is 6.07 Å². The topological polar surface area (TPSA) is 74.5 Å². The zero-order chi connectivity index (χ0) is 13.9. The second kappa shape index (κ2) is 5.38. The van der Waals surface area contributed by atoms with Crippen molar-refractivity contribution in [2.45, 2.75) is 11.7 Å². The highest BCUT2D eigenvalue weighted by Gasteiger charge is 2.35. The van der Waals surface area contributed by atoms with Crippen molar-refractivity contribution in [3.63, 3.8) is 0 Å². The van der Waals surface area contributed by atoms with Crippen LogP contribution in [0.4, 0.5) is 19.0 Å². The van der Waals surface area contributed by atoms with E-state index >= 15 is 0 Å². The lowest BCUT2D eigenvalue weighted by molar-refractivity contribution is -0.390. The SMILES string of the molecule is COc1cc(OC(F)(F)F)c(CBr)nc1[N+](=O)[O-]. The first-order valence-corrected chi connectivity index (χ1v) is 5.44. The van der Waals surface area contributed by atoms with E-state index in [2.05, 4.69) is 30.4 Å². The molecule has 0 unspecified atom stereocenters. The number of halogens is 4. The van der Waals surface area contributed by atoms with Crippen LogP contribution < -0.4 is 9.47 Å². The number of hydrogen-bond donors (Lipinski definition) is 0. The molecule has 6 nitrogen and oxygen atoms in total. The van der Waals surface area contributed by atoms with E-state index in [4.69, 9.17) is 0 Å². The maximum atomic E-state index is 12.1. The molecule has 0 amide bonds. The molecule has 100 valence electrons. The average Bonchev–Trinajstić information content (AvgIpc) is 2.25. The second-order valence-electron chi connectivity index (χ2n) is 2.90. The minimum atomic E-state index is -4.92. The van der Waals surface area contributed by atoms with Crippen molar-refractivity contribution in [2.75, 3.05) is 7.11 Å². The molecule has 18 heavy (non-hydrogen) atoms. The molecule has 0 saturated carbocycles. The normalized spacial score (nSPS) is 11.2. The number of rotatable bonds is 4. The van der Waals surface area contributed by atoms with Gasteiger partial charge in [0.25, 0.3) is 0 Å². The van der Waals surface area contributed by atoms with Crippen molar-refractivity contribution in [2.24, 2.45) is 0 Å². The molecule has 0 atom stereocenters. The Kier molecular flexibility index (Phi) is 4.33. The van der Waals surface area contributed by atoms with Crippen LogP contribution in [0.3, 0.4) is 0 Å². The van der Waals surface area contributed by atoms with E-state index in [-0.39, 0.29) is 11.0 Å². The van der Waals surface area contributed by atoms with Gasteiger partial charge in [-0.1, -0.05) is 15.9 Å². The van der Waals surface area contributed by atoms with Gasteiger partial charge in [0.05, 0.1) is 12.4 Å². The summed E-state index contributed by atoms with van der Waals surface area (Å²) < 4.78 is 44.6. The largest absolute Gasteiger partial charge is 0.573 e. The van der Waals surface area contributed by atoms with Crippen molar-refractivity contribution in [1.82, 2.24) is 4.98 Å². The molecule has 0 aliphatic carbocycles. The molecule has 0 spiro atoms. The molecular weight excluding hydrogens is 325 g/mol. The molecule has 1 aromatic rings. The van der Waals surface area contributed by atoms with Gasteiger partial charge in [0.2, 0.25) is 11.4 Å². The molecule has 0 bridgehead atoms. The Bertz CT molecular complexity index is 466. The van der Waals surface area contributed by atoms with Gasteiger partial charge in [-0.2, -0.15) is 0 Å². The monoisotopic (exact) mass is 330 g/mol. The van der Waals surface area contributed by atoms with Crippen LogP contribution in [0.1, 0.15) is 5.69 Å². The summed E-state index contributed by atoms with van der Waals surface area (Å²) in [7, 11) is 1.08. The lowest BCUT2D eigenvalue weighted by atomic mass is 10.3. The van der Waals surface area contributed by atoms with Gasteiger partial charge in [-0.25, -0.2) is 0 Å². The van der Waals surface area contributed by atoms with Crippen molar-refractivity contribution in [3.8, 4) is 11.5 Å². The fraction of sp³-hybridized carbons (Fsp3) is 0.375. The zero-order valence-electron chi connectivity index (χ0n) is 8.82. The summed E-state index contributed by atoms with van der Waals surface area (Å²) in [6, 6.07) is 0.773. The Morgan fingerprint density at radius 2 is 2.11 bits per heavy atom. The molecule has 0 aromatic carbocycles. The smallest absolute Gasteiger partial charge is 0.489 e. The number of ether oxygens (including phenoxy) is 2. The van der Waals surface area contributed by atoms with Crippen molar-refractivity contribution < 1.29 is 27.6 Å². The molecule has 0 fully saturated rings. The Hall–Kier alpha value is -1.58. The maximum Gasteiger partial charge on any atom is 0.573 e. The standard InChI is InChI=1S/C8H6BrF3N2O4/c1-17-6-2-5(18-8(10,11)12)4(3-9)13-7(6)14(15)16/h2H,3H2,1H3. The summed E-state index contributed by atoms with van der Waals surface area (Å²) in [5, 5.41) is 10.5. The number of pyridine rings is 1. The Labute approximate surface area is 107 Å². The number of nitrogens with zero attached hydrogens (tertiary/aromatic N) is 2. The minimum Gasteiger partial charge on any atom is -0.489 e. The quantitative estimate of drug-likeness (QED) is 0.482. The van der Waals surface area contributed by atoms with Gasteiger partial charge in [0, 0.05) is 6.07 Å². The summed E-state index contributed by atoms with van der Waals surface area (Å²) in [6.07, 6.45) is -4.92. The van der Waals surface area contributed by atoms with E-state index < -0.39 is 28.6 Å². The van der Waals surface area contributed by atoms with Gasteiger partial charge in [-0.15, -0.1) is 13.2 Å². The average molecular weight is 331 g/mol. The lowest BCUT2D eigenvalue weighted by Crippen LogP contribution is -2.18. The first-order valence-electron chi connectivity index (χ1n) is 4.32. The second-order valence-corrected chi connectivity index (χ2v) is 3.46. The lowest BCUT2D eigenvalue weighted by Gasteiger charge is -2.11. The van der Waals surface area contributed by atoms with Crippen molar-refractivity contribution >= 4 is 21.7 Å². The van der Waals surface area contributed by atoms with Gasteiger partial charge in [-0.05, 0) is 9.91 Å². The van der Waals surface area contributed by atoms with Crippen LogP contribution in [0.25, 0.3) is 0 Å². The Morgan fingerprint density at radius 3 is 2.50 bits per heavy atom. The van der Waals surface area contributed by atoms with Gasteiger partial charge in [0.15, 0.2) is 5.75 Å². The number of nitro groups is 1. The zero-order valence-corrected chi connectivity index (χ0v) is 10.4. The third kappa shape index (κ3) is 3.45. The summed E-state index contributed by atoms with van der Waals surface area (Å²) in [4.78, 5) is 13.2. The fourth-order valence-corrected chi connectivity index (χ4v) is 1.50. The van der Waals surface area contributed by atoms with Crippen molar-refractivity contribution in [1.29, 1.82) is 0 Å². The predicted molar refractivity (Wildman–Crippen MR) is 56.8 cm³/mol. The Balaban J connectivity index is 3.30. The molecule has 0 N–H and O–H groups in total. The summed E-state index contributed by atoms with van der Waals surface area (Å²) in [6.45, 7) is 0. The van der Waals surface area contributed by atoms with Crippen LogP contribution >= 0.6 is 15.9 Å². The summed E-state index contributed by atoms with van der Waals surface area (Å²) >= 11 is 2.87. The molecule has 0 aliphatic rings. The third-order valence-electron chi connectivity index (χ3n) is 1.75.